The first kappa shape index (κ1) is 35.2. The molecule has 2 nitrogen and oxygen atoms in total. The van der Waals surface area contributed by atoms with Crippen molar-refractivity contribution in [3.05, 3.63) is 224 Å². The summed E-state index contributed by atoms with van der Waals surface area (Å²) in [6.07, 6.45) is 0. The molecule has 3 heteroatoms. The van der Waals surface area contributed by atoms with Gasteiger partial charge in [0.1, 0.15) is 11.2 Å². The molecule has 12 aromatic rings. The molecule has 0 spiro atoms. The van der Waals surface area contributed by atoms with Crippen LogP contribution in [-0.2, 0) is 0 Å². The predicted molar refractivity (Wildman–Crippen MR) is 261 cm³/mol. The highest BCUT2D eigenvalue weighted by molar-refractivity contribution is 7.26. The molecule has 61 heavy (non-hydrogen) atoms. The van der Waals surface area contributed by atoms with Crippen LogP contribution in [0.2, 0.25) is 0 Å². The molecular weight excluding hydrogens is 759 g/mol. The van der Waals surface area contributed by atoms with E-state index in [0.29, 0.717) is 0 Å². The van der Waals surface area contributed by atoms with E-state index >= 15 is 0 Å². The van der Waals surface area contributed by atoms with E-state index in [9.17, 15) is 0 Å². The zero-order valence-corrected chi connectivity index (χ0v) is 33.9. The van der Waals surface area contributed by atoms with Crippen molar-refractivity contribution in [2.45, 2.75) is 0 Å². The van der Waals surface area contributed by atoms with Crippen molar-refractivity contribution in [1.82, 2.24) is 0 Å². The van der Waals surface area contributed by atoms with E-state index in [2.05, 4.69) is 229 Å². The maximum absolute atomic E-state index is 6.78. The Kier molecular flexibility index (Phi) is 8.39. The van der Waals surface area contributed by atoms with Crippen LogP contribution in [0.25, 0.3) is 97.4 Å². The molecule has 0 fully saturated rings. The molecule has 0 radical (unpaired) electrons. The van der Waals surface area contributed by atoms with Gasteiger partial charge in [0.15, 0.2) is 0 Å². The SMILES string of the molecule is c1ccc(-c2ccc(-c3ccc(N(c4ccccc4-c4cccc5c4sc4ccccc45)c4cccc5oc6c7ccccc7ccc6c45)cc3)cc2-c2ccccc2)cc1. The van der Waals surface area contributed by atoms with Crippen LogP contribution >= 0.6 is 11.3 Å². The maximum atomic E-state index is 6.78. The third kappa shape index (κ3) is 5.93. The van der Waals surface area contributed by atoms with Crippen molar-refractivity contribution in [1.29, 1.82) is 0 Å². The second-order valence-electron chi connectivity index (χ2n) is 15.6. The fraction of sp³-hybridized carbons (Fsp3) is 0. The topological polar surface area (TPSA) is 16.4 Å². The molecule has 2 aromatic heterocycles. The molecule has 0 N–H and O–H groups in total. The van der Waals surface area contributed by atoms with E-state index in [4.69, 9.17) is 4.42 Å². The molecule has 0 saturated heterocycles. The van der Waals surface area contributed by atoms with Crippen LogP contribution in [0.3, 0.4) is 0 Å². The van der Waals surface area contributed by atoms with Crippen LogP contribution in [-0.4, -0.2) is 0 Å². The quantitative estimate of drug-likeness (QED) is 0.160. The number of hydrogen-bond acceptors (Lipinski definition) is 3. The minimum Gasteiger partial charge on any atom is -0.455 e. The lowest BCUT2D eigenvalue weighted by Crippen LogP contribution is -2.11. The molecule has 286 valence electrons. The Morgan fingerprint density at radius 2 is 1.00 bits per heavy atom. The van der Waals surface area contributed by atoms with Crippen LogP contribution in [0.15, 0.2) is 229 Å². The van der Waals surface area contributed by atoms with Crippen LogP contribution < -0.4 is 4.90 Å². The van der Waals surface area contributed by atoms with Gasteiger partial charge in [0, 0.05) is 47.8 Å². The molecule has 0 bridgehead atoms. The summed E-state index contributed by atoms with van der Waals surface area (Å²) in [4.78, 5) is 2.44. The van der Waals surface area contributed by atoms with Gasteiger partial charge in [-0.1, -0.05) is 176 Å². The van der Waals surface area contributed by atoms with E-state index < -0.39 is 0 Å². The second kappa shape index (κ2) is 14.5. The lowest BCUT2D eigenvalue weighted by atomic mass is 9.91. The summed E-state index contributed by atoms with van der Waals surface area (Å²) in [7, 11) is 0. The van der Waals surface area contributed by atoms with Crippen LogP contribution in [0.1, 0.15) is 0 Å². The first-order chi connectivity index (χ1) is 30.3. The van der Waals surface area contributed by atoms with Gasteiger partial charge in [-0.3, -0.25) is 0 Å². The molecule has 0 unspecified atom stereocenters. The highest BCUT2D eigenvalue weighted by Gasteiger charge is 2.24. The van der Waals surface area contributed by atoms with Crippen LogP contribution in [0, 0.1) is 0 Å². The number of thiophene rings is 1. The van der Waals surface area contributed by atoms with Crippen molar-refractivity contribution in [3.8, 4) is 44.5 Å². The molecule has 0 aliphatic rings. The number of nitrogens with zero attached hydrogens (tertiary/aromatic N) is 1. The Morgan fingerprint density at radius 3 is 1.84 bits per heavy atom. The monoisotopic (exact) mass is 795 g/mol. The third-order valence-electron chi connectivity index (χ3n) is 12.1. The van der Waals surface area contributed by atoms with Gasteiger partial charge in [-0.2, -0.15) is 0 Å². The fourth-order valence-corrected chi connectivity index (χ4v) is 10.5. The zero-order chi connectivity index (χ0) is 40.3. The molecule has 0 aliphatic heterocycles. The van der Waals surface area contributed by atoms with Gasteiger partial charge in [-0.25, -0.2) is 0 Å². The molecule has 10 aromatic carbocycles. The molecule has 0 amide bonds. The molecule has 0 atom stereocenters. The Balaban J connectivity index is 1.06. The van der Waals surface area contributed by atoms with Crippen molar-refractivity contribution in [3.63, 3.8) is 0 Å². The van der Waals surface area contributed by atoms with Crippen LogP contribution in [0.5, 0.6) is 0 Å². The Hall–Kier alpha value is -7.72. The smallest absolute Gasteiger partial charge is 0.143 e. The summed E-state index contributed by atoms with van der Waals surface area (Å²) in [5.41, 5.74) is 14.5. The number of fused-ring (bicyclic) bond motifs is 8. The third-order valence-corrected chi connectivity index (χ3v) is 13.3. The van der Waals surface area contributed by atoms with E-state index in [1.165, 1.54) is 59.1 Å². The van der Waals surface area contributed by atoms with Crippen molar-refractivity contribution >= 4 is 81.3 Å². The van der Waals surface area contributed by atoms with Crippen molar-refractivity contribution < 1.29 is 4.42 Å². The number of hydrogen-bond donors (Lipinski definition) is 0. The van der Waals surface area contributed by atoms with E-state index in [0.717, 1.165) is 55.3 Å². The minimum atomic E-state index is 0.863. The average Bonchev–Trinajstić information content (AvgIpc) is 3.92. The standard InChI is InChI=1S/C58H37NOS/c1-3-15-39(16-4-1)44-35-32-42(37-51(44)40-17-5-2-6-18-40)38-29-33-43(34-30-38)59(53-26-14-27-54-56(53)50-36-31-41-19-7-8-20-45(41)57(50)60-54)52-25-11-9-21-46(52)48-23-13-24-49-47-22-10-12-28-55(47)61-58(48)49/h1-37H. The zero-order valence-electron chi connectivity index (χ0n) is 33.1. The van der Waals surface area contributed by atoms with Gasteiger partial charge in [-0.15, -0.1) is 11.3 Å². The van der Waals surface area contributed by atoms with Gasteiger partial charge >= 0.3 is 0 Å². The highest BCUT2D eigenvalue weighted by Crippen LogP contribution is 2.49. The number of rotatable bonds is 7. The van der Waals surface area contributed by atoms with Crippen molar-refractivity contribution in [2.75, 3.05) is 4.90 Å². The first-order valence-corrected chi connectivity index (χ1v) is 21.6. The average molecular weight is 796 g/mol. The maximum Gasteiger partial charge on any atom is 0.143 e. The van der Waals surface area contributed by atoms with E-state index in [1.54, 1.807) is 0 Å². The number of para-hydroxylation sites is 1. The Labute approximate surface area is 357 Å². The number of furan rings is 1. The molecule has 12 rings (SSSR count). The first-order valence-electron chi connectivity index (χ1n) is 20.7. The Morgan fingerprint density at radius 1 is 0.361 bits per heavy atom. The van der Waals surface area contributed by atoms with Gasteiger partial charge in [0.25, 0.3) is 0 Å². The molecule has 2 heterocycles. The normalized spacial score (nSPS) is 11.6. The molecule has 0 saturated carbocycles. The Bertz CT molecular complexity index is 3580. The van der Waals surface area contributed by atoms with Gasteiger partial charge in [-0.05, 0) is 87.3 Å². The highest BCUT2D eigenvalue weighted by atomic mass is 32.1. The lowest BCUT2D eigenvalue weighted by molar-refractivity contribution is 0.672. The molecule has 0 aliphatic carbocycles. The largest absolute Gasteiger partial charge is 0.455 e. The van der Waals surface area contributed by atoms with Crippen molar-refractivity contribution in [2.24, 2.45) is 0 Å². The second-order valence-corrected chi connectivity index (χ2v) is 16.6. The van der Waals surface area contributed by atoms with Gasteiger partial charge in [0.05, 0.1) is 16.8 Å². The van der Waals surface area contributed by atoms with E-state index in [-0.39, 0.29) is 0 Å². The summed E-state index contributed by atoms with van der Waals surface area (Å²) in [5, 5.41) is 7.04. The van der Waals surface area contributed by atoms with Crippen LogP contribution in [0.4, 0.5) is 17.1 Å². The molecular formula is C58H37NOS. The lowest BCUT2D eigenvalue weighted by Gasteiger charge is -2.29. The summed E-state index contributed by atoms with van der Waals surface area (Å²) < 4.78 is 9.36. The predicted octanol–water partition coefficient (Wildman–Crippen LogP) is 17.2. The fourth-order valence-electron chi connectivity index (χ4n) is 9.24. The summed E-state index contributed by atoms with van der Waals surface area (Å²) >= 11 is 1.87. The van der Waals surface area contributed by atoms with Gasteiger partial charge < -0.3 is 9.32 Å². The minimum absolute atomic E-state index is 0.863. The van der Waals surface area contributed by atoms with Gasteiger partial charge in [0.2, 0.25) is 0 Å². The summed E-state index contributed by atoms with van der Waals surface area (Å²) in [5.74, 6) is 0. The summed E-state index contributed by atoms with van der Waals surface area (Å²) in [6.45, 7) is 0. The number of anilines is 3. The number of benzene rings is 10. The van der Waals surface area contributed by atoms with E-state index in [1.807, 2.05) is 11.3 Å². The summed E-state index contributed by atoms with van der Waals surface area (Å²) in [6, 6.07) is 81.1.